The van der Waals surface area contributed by atoms with E-state index in [1.165, 1.54) is 17.4 Å². The number of benzene rings is 1. The molecule has 3 aliphatic rings. The summed E-state index contributed by atoms with van der Waals surface area (Å²) < 4.78 is 28.0. The summed E-state index contributed by atoms with van der Waals surface area (Å²) in [6.07, 6.45) is 4.28. The highest BCUT2D eigenvalue weighted by Gasteiger charge is 2.57. The number of nitriles is 1. The van der Waals surface area contributed by atoms with Crippen LogP contribution in [0.25, 0.3) is 10.3 Å². The molecule has 3 aromatic heterocycles. The molecule has 1 unspecified atom stereocenters. The van der Waals surface area contributed by atoms with Crippen molar-refractivity contribution >= 4 is 33.5 Å². The van der Waals surface area contributed by atoms with Gasteiger partial charge in [-0.2, -0.15) is 10.2 Å². The number of imidazole rings is 1. The van der Waals surface area contributed by atoms with Crippen molar-refractivity contribution in [2.75, 3.05) is 24.6 Å². The first-order valence-corrected chi connectivity index (χ1v) is 14.6. The van der Waals surface area contributed by atoms with E-state index in [4.69, 9.17) is 19.7 Å². The van der Waals surface area contributed by atoms with Crippen LogP contribution in [0, 0.1) is 22.6 Å². The zero-order valence-electron chi connectivity index (χ0n) is 22.3. The molecule has 210 valence electrons. The predicted molar refractivity (Wildman–Crippen MR) is 150 cm³/mol. The Balaban J connectivity index is 1.02. The second-order valence-corrected chi connectivity index (χ2v) is 12.1. The lowest BCUT2D eigenvalue weighted by Crippen LogP contribution is -2.36. The number of rotatable bonds is 8. The number of pyridine rings is 1. The molecule has 1 saturated carbocycles. The fourth-order valence-electron chi connectivity index (χ4n) is 6.11. The topological polar surface area (TPSA) is 114 Å². The zero-order valence-corrected chi connectivity index (χ0v) is 23.1. The van der Waals surface area contributed by atoms with Crippen LogP contribution >= 0.6 is 11.3 Å². The summed E-state index contributed by atoms with van der Waals surface area (Å²) in [6, 6.07) is 13.6. The lowest BCUT2D eigenvalue weighted by Gasteiger charge is -2.34. The number of carboxylic acids is 1. The molecule has 2 saturated heterocycles. The van der Waals surface area contributed by atoms with E-state index in [0.29, 0.717) is 28.8 Å². The maximum Gasteiger partial charge on any atom is 0.346 e. The van der Waals surface area contributed by atoms with Gasteiger partial charge in [-0.1, -0.05) is 12.1 Å². The first-order valence-electron chi connectivity index (χ1n) is 13.8. The first-order chi connectivity index (χ1) is 19.9. The summed E-state index contributed by atoms with van der Waals surface area (Å²) in [5.74, 6) is 1.29. The maximum atomic E-state index is 14.2. The van der Waals surface area contributed by atoms with Crippen molar-refractivity contribution in [1.29, 1.82) is 5.26 Å². The van der Waals surface area contributed by atoms with Gasteiger partial charge in [0.25, 0.3) is 0 Å². The van der Waals surface area contributed by atoms with Crippen molar-refractivity contribution in [3.63, 3.8) is 0 Å². The molecule has 0 bridgehead atoms. The minimum absolute atomic E-state index is 0.0305. The summed E-state index contributed by atoms with van der Waals surface area (Å²) in [5.41, 5.74) is 1.61. The highest BCUT2D eigenvalue weighted by atomic mass is 32.1. The van der Waals surface area contributed by atoms with Gasteiger partial charge in [0, 0.05) is 37.2 Å². The van der Waals surface area contributed by atoms with Crippen molar-refractivity contribution < 1.29 is 23.8 Å². The van der Waals surface area contributed by atoms with Gasteiger partial charge in [0.1, 0.15) is 39.3 Å². The Labute approximate surface area is 239 Å². The molecule has 4 aromatic rings. The molecule has 1 N–H and O–H groups in total. The number of ether oxygens (including phenoxy) is 2. The number of piperidine rings is 1. The largest absolute Gasteiger partial charge is 0.477 e. The third-order valence-electron chi connectivity index (χ3n) is 8.69. The van der Waals surface area contributed by atoms with E-state index in [0.717, 1.165) is 67.4 Å². The number of anilines is 1. The van der Waals surface area contributed by atoms with Gasteiger partial charge in [0.05, 0.1) is 24.3 Å². The maximum absolute atomic E-state index is 14.2. The Bertz CT molecular complexity index is 1680. The zero-order chi connectivity index (χ0) is 28.1. The third kappa shape index (κ3) is 4.81. The molecule has 9 nitrogen and oxygen atoms in total. The van der Waals surface area contributed by atoms with Gasteiger partial charge >= 0.3 is 5.97 Å². The average molecular weight is 574 g/mol. The normalized spacial score (nSPS) is 21.0. The fraction of sp³-hybridized carbons (Fsp3) is 0.400. The number of carboxylic acid groups (broad SMARTS) is 1. The van der Waals surface area contributed by atoms with E-state index in [1.807, 2.05) is 18.2 Å². The Kier molecular flexibility index (Phi) is 6.40. The van der Waals surface area contributed by atoms with Gasteiger partial charge in [0.2, 0.25) is 5.88 Å². The van der Waals surface area contributed by atoms with Crippen LogP contribution in [0.2, 0.25) is 0 Å². The third-order valence-corrected chi connectivity index (χ3v) is 9.83. The molecule has 1 aliphatic carbocycles. The minimum atomic E-state index is -0.916. The van der Waals surface area contributed by atoms with Gasteiger partial charge in [-0.15, -0.1) is 11.3 Å². The number of fused-ring (bicyclic) bond motifs is 1. The van der Waals surface area contributed by atoms with Crippen LogP contribution in [0.5, 0.6) is 5.88 Å². The number of hydrogen-bond acceptors (Lipinski definition) is 8. The molecule has 5 heterocycles. The number of halogens is 1. The Morgan fingerprint density at radius 3 is 2.78 bits per heavy atom. The Morgan fingerprint density at radius 1 is 1.24 bits per heavy atom. The molecule has 2 atom stereocenters. The van der Waals surface area contributed by atoms with Gasteiger partial charge in [-0.3, -0.25) is 0 Å². The van der Waals surface area contributed by atoms with E-state index >= 15 is 0 Å². The van der Waals surface area contributed by atoms with Gasteiger partial charge in [0.15, 0.2) is 0 Å². The van der Waals surface area contributed by atoms with Crippen LogP contribution in [-0.4, -0.2) is 51.4 Å². The Hall–Kier alpha value is -4.01. The quantitative estimate of drug-likeness (QED) is 0.300. The number of thiophene rings is 1. The monoisotopic (exact) mass is 573 g/mol. The molecule has 11 heteroatoms. The minimum Gasteiger partial charge on any atom is -0.477 e. The van der Waals surface area contributed by atoms with E-state index in [9.17, 15) is 14.3 Å². The average Bonchev–Trinajstić information content (AvgIpc) is 3.30. The van der Waals surface area contributed by atoms with Crippen molar-refractivity contribution in [2.45, 2.75) is 50.9 Å². The standard InChI is InChI=1S/C30H28FN5O4S/c31-22-12-18(15-32)4-5-19(22)17-40-26-3-1-2-25(34-26)35-9-7-30(8-10-35)14-21(30)27-33-23-13-24(29(37)38)41-28(23)36(27)16-20-6-11-39-20/h1-5,12-13,20-21H,6-11,14,16-17H2,(H,37,38)/t20-,21?/m0/s1. The number of aromatic nitrogens is 3. The molecule has 0 radical (unpaired) electrons. The van der Waals surface area contributed by atoms with E-state index < -0.39 is 11.8 Å². The van der Waals surface area contributed by atoms with Crippen molar-refractivity contribution in [3.05, 3.63) is 70.1 Å². The van der Waals surface area contributed by atoms with Gasteiger partial charge in [-0.25, -0.2) is 14.2 Å². The number of hydrogen-bond donors (Lipinski definition) is 1. The van der Waals surface area contributed by atoms with Crippen LogP contribution < -0.4 is 9.64 Å². The fourth-order valence-corrected chi connectivity index (χ4v) is 7.06. The van der Waals surface area contributed by atoms with E-state index in [-0.39, 0.29) is 23.7 Å². The number of nitrogens with zero attached hydrogens (tertiary/aromatic N) is 5. The molecule has 2 aliphatic heterocycles. The van der Waals surface area contributed by atoms with Crippen LogP contribution in [0.15, 0.2) is 42.5 Å². The Morgan fingerprint density at radius 2 is 2.07 bits per heavy atom. The summed E-state index contributed by atoms with van der Waals surface area (Å²) in [5, 5.41) is 18.4. The smallest absolute Gasteiger partial charge is 0.346 e. The summed E-state index contributed by atoms with van der Waals surface area (Å²) >= 11 is 1.30. The summed E-state index contributed by atoms with van der Waals surface area (Å²) in [6.45, 7) is 3.25. The second kappa shape index (κ2) is 10.1. The molecule has 0 amide bonds. The van der Waals surface area contributed by atoms with Gasteiger partial charge in [-0.05, 0) is 55.4 Å². The molecule has 7 rings (SSSR count). The molecular formula is C30H28FN5O4S. The first kappa shape index (κ1) is 25.9. The van der Waals surface area contributed by atoms with Crippen LogP contribution in [-0.2, 0) is 17.9 Å². The molecule has 41 heavy (non-hydrogen) atoms. The summed E-state index contributed by atoms with van der Waals surface area (Å²) in [4.78, 5) is 24.7. The van der Waals surface area contributed by atoms with Crippen molar-refractivity contribution in [1.82, 2.24) is 14.5 Å². The van der Waals surface area contributed by atoms with Crippen molar-refractivity contribution in [2.24, 2.45) is 5.41 Å². The van der Waals surface area contributed by atoms with Gasteiger partial charge < -0.3 is 24.0 Å². The second-order valence-electron chi connectivity index (χ2n) is 11.1. The lowest BCUT2D eigenvalue weighted by atomic mass is 9.90. The summed E-state index contributed by atoms with van der Waals surface area (Å²) in [7, 11) is 0. The lowest BCUT2D eigenvalue weighted by molar-refractivity contribution is -0.0590. The number of carbonyl (C=O) groups is 1. The molecule has 1 aromatic carbocycles. The molecular weight excluding hydrogens is 545 g/mol. The number of aromatic carboxylic acids is 1. The van der Waals surface area contributed by atoms with Crippen molar-refractivity contribution in [3.8, 4) is 11.9 Å². The van der Waals surface area contributed by atoms with Crippen LogP contribution in [0.1, 0.15) is 58.2 Å². The van der Waals surface area contributed by atoms with E-state index in [2.05, 4.69) is 14.5 Å². The predicted octanol–water partition coefficient (Wildman–Crippen LogP) is 5.34. The van der Waals surface area contributed by atoms with Crippen LogP contribution in [0.3, 0.4) is 0 Å². The highest BCUT2D eigenvalue weighted by molar-refractivity contribution is 7.20. The van der Waals surface area contributed by atoms with Crippen LogP contribution in [0.4, 0.5) is 10.2 Å². The molecule has 1 spiro atoms. The van der Waals surface area contributed by atoms with E-state index in [1.54, 1.807) is 24.3 Å². The highest BCUT2D eigenvalue weighted by Crippen LogP contribution is 2.65. The molecule has 3 fully saturated rings. The SMILES string of the molecule is N#Cc1ccc(COc2cccc(N3CCC4(CC3)CC4c3nc4cc(C(=O)O)sc4n3C[C@@H]3CCO3)n2)c(F)c1.